The molecule has 2 aromatic rings. The molecule has 4 nitrogen and oxygen atoms in total. The van der Waals surface area contributed by atoms with Gasteiger partial charge in [-0.25, -0.2) is 0 Å². The van der Waals surface area contributed by atoms with Gasteiger partial charge in [-0.05, 0) is 17.7 Å². The fraction of sp³-hybridized carbons (Fsp3) is 0.154. The maximum absolute atomic E-state index is 11.6. The molecule has 0 aliphatic heterocycles. The minimum Gasteiger partial charge on any atom is -0.481 e. The van der Waals surface area contributed by atoms with Gasteiger partial charge in [-0.3, -0.25) is 9.00 Å². The van der Waals surface area contributed by atoms with E-state index in [4.69, 9.17) is 9.52 Å². The smallest absolute Gasteiger partial charge is 0.316 e. The second-order valence-electron chi connectivity index (χ2n) is 3.76. The molecule has 1 aromatic carbocycles. The van der Waals surface area contributed by atoms with Gasteiger partial charge in [0.15, 0.2) is 0 Å². The normalized spacial score (nSPS) is 12.2. The van der Waals surface area contributed by atoms with Gasteiger partial charge < -0.3 is 9.52 Å². The van der Waals surface area contributed by atoms with Crippen molar-refractivity contribution in [1.82, 2.24) is 0 Å². The summed E-state index contributed by atoms with van der Waals surface area (Å²) >= 11 is 0. The van der Waals surface area contributed by atoms with Crippen molar-refractivity contribution in [2.75, 3.05) is 5.75 Å². The molecule has 0 aliphatic carbocycles. The van der Waals surface area contributed by atoms with Crippen LogP contribution in [0.2, 0.25) is 0 Å². The number of rotatable bonds is 5. The van der Waals surface area contributed by atoms with Gasteiger partial charge in [0, 0.05) is 22.1 Å². The number of furan rings is 1. The average molecular weight is 264 g/mol. The van der Waals surface area contributed by atoms with E-state index in [0.717, 1.165) is 11.1 Å². The lowest BCUT2D eigenvalue weighted by Gasteiger charge is -2.06. The Bertz CT molecular complexity index is 560. The molecule has 1 unspecified atom stereocenters. The van der Waals surface area contributed by atoms with E-state index in [1.165, 1.54) is 0 Å². The Labute approximate surface area is 107 Å². The number of carboxylic acid groups (broad SMARTS) is 1. The lowest BCUT2D eigenvalue weighted by Crippen LogP contribution is -2.11. The van der Waals surface area contributed by atoms with Gasteiger partial charge in [0.05, 0.1) is 6.26 Å². The van der Waals surface area contributed by atoms with Crippen molar-refractivity contribution in [3.63, 3.8) is 0 Å². The van der Waals surface area contributed by atoms with Crippen molar-refractivity contribution in [3.8, 4) is 11.3 Å². The first-order valence-electron chi connectivity index (χ1n) is 5.35. The fourth-order valence-corrected chi connectivity index (χ4v) is 2.66. The Morgan fingerprint density at radius 3 is 2.67 bits per heavy atom. The van der Waals surface area contributed by atoms with Gasteiger partial charge in [0.2, 0.25) is 0 Å². The molecule has 1 aromatic heterocycles. The first-order valence-corrected chi connectivity index (χ1v) is 6.84. The van der Waals surface area contributed by atoms with Gasteiger partial charge in [-0.15, -0.1) is 0 Å². The Balaban J connectivity index is 2.23. The second-order valence-corrected chi connectivity index (χ2v) is 5.21. The molecule has 0 saturated carbocycles. The Kier molecular flexibility index (Phi) is 3.94. The molecule has 0 spiro atoms. The van der Waals surface area contributed by atoms with Crippen molar-refractivity contribution in [1.29, 1.82) is 0 Å². The van der Waals surface area contributed by atoms with Crippen LogP contribution in [0.5, 0.6) is 0 Å². The van der Waals surface area contributed by atoms with Crippen LogP contribution in [0.15, 0.2) is 47.1 Å². The minimum absolute atomic E-state index is 0.211. The predicted octanol–water partition coefficient (Wildman–Crippen LogP) is 2.28. The van der Waals surface area contributed by atoms with Crippen LogP contribution in [0.25, 0.3) is 11.3 Å². The second kappa shape index (κ2) is 5.64. The van der Waals surface area contributed by atoms with E-state index in [2.05, 4.69) is 0 Å². The van der Waals surface area contributed by atoms with Crippen molar-refractivity contribution < 1.29 is 18.5 Å². The van der Waals surface area contributed by atoms with Gasteiger partial charge in [-0.2, -0.15) is 0 Å². The number of hydrogen-bond donors (Lipinski definition) is 1. The molecule has 0 bridgehead atoms. The van der Waals surface area contributed by atoms with Crippen molar-refractivity contribution in [3.05, 3.63) is 48.2 Å². The third-order valence-corrected chi connectivity index (χ3v) is 3.61. The standard InChI is InChI=1S/C13H12O4S/c14-13(15)9-18(16)8-10-4-1-2-5-11(10)12-6-3-7-17-12/h1-7H,8-9H2,(H,14,15). The van der Waals surface area contributed by atoms with E-state index < -0.39 is 16.8 Å². The summed E-state index contributed by atoms with van der Waals surface area (Å²) in [4.78, 5) is 10.5. The van der Waals surface area contributed by atoms with Crippen LogP contribution in [-0.2, 0) is 21.3 Å². The molecule has 1 heterocycles. The highest BCUT2D eigenvalue weighted by atomic mass is 32.2. The third-order valence-electron chi connectivity index (χ3n) is 2.40. The zero-order valence-electron chi connectivity index (χ0n) is 9.54. The van der Waals surface area contributed by atoms with Crippen LogP contribution in [0, 0.1) is 0 Å². The topological polar surface area (TPSA) is 67.5 Å². The Morgan fingerprint density at radius 1 is 1.22 bits per heavy atom. The first kappa shape index (κ1) is 12.6. The Morgan fingerprint density at radius 2 is 2.00 bits per heavy atom. The molecule has 0 fully saturated rings. The van der Waals surface area contributed by atoms with Crippen LogP contribution in [0.3, 0.4) is 0 Å². The van der Waals surface area contributed by atoms with E-state index in [1.54, 1.807) is 12.3 Å². The summed E-state index contributed by atoms with van der Waals surface area (Å²) in [6, 6.07) is 11.0. The van der Waals surface area contributed by atoms with E-state index in [0.29, 0.717) is 5.76 Å². The van der Waals surface area contributed by atoms with Gasteiger partial charge >= 0.3 is 5.97 Å². The van der Waals surface area contributed by atoms with E-state index >= 15 is 0 Å². The molecule has 0 radical (unpaired) electrons. The van der Waals surface area contributed by atoms with Crippen molar-refractivity contribution in [2.45, 2.75) is 5.75 Å². The van der Waals surface area contributed by atoms with Gasteiger partial charge in [0.25, 0.3) is 0 Å². The van der Waals surface area contributed by atoms with Crippen LogP contribution in [0.4, 0.5) is 0 Å². The number of benzene rings is 1. The van der Waals surface area contributed by atoms with Gasteiger partial charge in [0.1, 0.15) is 11.5 Å². The maximum Gasteiger partial charge on any atom is 0.316 e. The molecule has 0 amide bonds. The molecule has 0 saturated heterocycles. The zero-order valence-corrected chi connectivity index (χ0v) is 10.4. The van der Waals surface area contributed by atoms with Crippen LogP contribution >= 0.6 is 0 Å². The summed E-state index contributed by atoms with van der Waals surface area (Å²) in [6.07, 6.45) is 1.57. The Hall–Kier alpha value is -1.88. The number of hydrogen-bond acceptors (Lipinski definition) is 3. The lowest BCUT2D eigenvalue weighted by atomic mass is 10.1. The first-order chi connectivity index (χ1) is 8.66. The minimum atomic E-state index is -1.41. The molecular weight excluding hydrogens is 252 g/mol. The van der Waals surface area contributed by atoms with E-state index in [1.807, 2.05) is 30.3 Å². The highest BCUT2D eigenvalue weighted by Crippen LogP contribution is 2.24. The van der Waals surface area contributed by atoms with Crippen LogP contribution < -0.4 is 0 Å². The summed E-state index contributed by atoms with van der Waals surface area (Å²) in [5, 5.41) is 8.60. The quantitative estimate of drug-likeness (QED) is 0.899. The lowest BCUT2D eigenvalue weighted by molar-refractivity contribution is -0.133. The number of aliphatic carboxylic acids is 1. The largest absolute Gasteiger partial charge is 0.481 e. The summed E-state index contributed by atoms with van der Waals surface area (Å²) in [5.74, 6) is -0.489. The van der Waals surface area contributed by atoms with Crippen molar-refractivity contribution in [2.24, 2.45) is 0 Å². The number of carbonyl (C=O) groups is 1. The summed E-state index contributed by atoms with van der Waals surface area (Å²) in [5.41, 5.74) is 1.67. The molecule has 94 valence electrons. The number of carboxylic acids is 1. The maximum atomic E-state index is 11.6. The molecule has 5 heteroatoms. The molecule has 2 rings (SSSR count). The van der Waals surface area contributed by atoms with Crippen LogP contribution in [0.1, 0.15) is 5.56 Å². The summed E-state index contributed by atoms with van der Waals surface area (Å²) in [6.45, 7) is 0. The molecule has 1 N–H and O–H groups in total. The van der Waals surface area contributed by atoms with Crippen molar-refractivity contribution >= 4 is 16.8 Å². The summed E-state index contributed by atoms with van der Waals surface area (Å²) in [7, 11) is -1.41. The van der Waals surface area contributed by atoms with Gasteiger partial charge in [-0.1, -0.05) is 24.3 Å². The highest BCUT2D eigenvalue weighted by Gasteiger charge is 2.12. The van der Waals surface area contributed by atoms with Crippen LogP contribution in [-0.4, -0.2) is 21.0 Å². The third kappa shape index (κ3) is 3.07. The molecule has 1 atom stereocenters. The van der Waals surface area contributed by atoms with E-state index in [-0.39, 0.29) is 11.5 Å². The molecule has 0 aliphatic rings. The average Bonchev–Trinajstić information content (AvgIpc) is 2.81. The monoisotopic (exact) mass is 264 g/mol. The fourth-order valence-electron chi connectivity index (χ4n) is 1.68. The molecular formula is C13H12O4S. The molecule has 18 heavy (non-hydrogen) atoms. The zero-order chi connectivity index (χ0) is 13.0. The summed E-state index contributed by atoms with van der Waals surface area (Å²) < 4.78 is 17.0. The highest BCUT2D eigenvalue weighted by molar-refractivity contribution is 7.84. The van der Waals surface area contributed by atoms with E-state index in [9.17, 15) is 9.00 Å². The SMILES string of the molecule is O=C(O)CS(=O)Cc1ccccc1-c1ccco1. The predicted molar refractivity (Wildman–Crippen MR) is 68.5 cm³/mol.